The molecule has 5 heteroatoms. The van der Waals surface area contributed by atoms with Gasteiger partial charge in [0.15, 0.2) is 0 Å². The number of hydrogen-bond donors (Lipinski definition) is 1. The van der Waals surface area contributed by atoms with E-state index in [2.05, 4.69) is 30.4 Å². The first-order valence-corrected chi connectivity index (χ1v) is 8.78. The molecule has 2 heterocycles. The number of likely N-dealkylation sites (tertiary alicyclic amines) is 1. The minimum Gasteiger partial charge on any atom is -0.472 e. The van der Waals surface area contributed by atoms with Crippen LogP contribution in [0.4, 0.5) is 0 Å². The minimum absolute atomic E-state index is 0.00188. The number of carbonyl (C=O) groups excluding carboxylic acids is 2. The first-order chi connectivity index (χ1) is 12.1. The normalized spacial score (nSPS) is 15.2. The van der Waals surface area contributed by atoms with Gasteiger partial charge in [-0.05, 0) is 37.8 Å². The van der Waals surface area contributed by atoms with Crippen molar-refractivity contribution in [2.45, 2.75) is 38.6 Å². The lowest BCUT2D eigenvalue weighted by atomic mass is 10.0. The summed E-state index contributed by atoms with van der Waals surface area (Å²) in [6.45, 7) is 3.38. The lowest BCUT2D eigenvalue weighted by molar-refractivity contribution is -0.122. The van der Waals surface area contributed by atoms with Crippen LogP contribution < -0.4 is 5.32 Å². The van der Waals surface area contributed by atoms with Gasteiger partial charge in [-0.3, -0.25) is 9.59 Å². The van der Waals surface area contributed by atoms with Gasteiger partial charge in [0, 0.05) is 25.6 Å². The highest BCUT2D eigenvalue weighted by atomic mass is 16.3. The van der Waals surface area contributed by atoms with Gasteiger partial charge in [0.05, 0.1) is 11.8 Å². The summed E-state index contributed by atoms with van der Waals surface area (Å²) in [5, 5.41) is 3.10. The molecule has 2 amide bonds. The molecule has 5 nitrogen and oxygen atoms in total. The van der Waals surface area contributed by atoms with E-state index in [-0.39, 0.29) is 17.9 Å². The Morgan fingerprint density at radius 3 is 2.72 bits per heavy atom. The molecule has 1 aliphatic heterocycles. The molecule has 0 aliphatic carbocycles. The Morgan fingerprint density at radius 1 is 1.24 bits per heavy atom. The quantitative estimate of drug-likeness (QED) is 0.910. The number of nitrogens with zero attached hydrogens (tertiary/aromatic N) is 1. The van der Waals surface area contributed by atoms with Gasteiger partial charge in [0.1, 0.15) is 6.26 Å². The van der Waals surface area contributed by atoms with Gasteiger partial charge < -0.3 is 14.6 Å². The highest BCUT2D eigenvalue weighted by molar-refractivity contribution is 5.93. The second kappa shape index (κ2) is 8.01. The van der Waals surface area contributed by atoms with Crippen molar-refractivity contribution < 1.29 is 14.0 Å². The summed E-state index contributed by atoms with van der Waals surface area (Å²) in [6, 6.07) is 10.1. The molecule has 0 radical (unpaired) electrons. The van der Waals surface area contributed by atoms with E-state index in [1.807, 2.05) is 11.0 Å². The van der Waals surface area contributed by atoms with Crippen molar-refractivity contribution in [2.75, 3.05) is 13.1 Å². The van der Waals surface area contributed by atoms with Crippen molar-refractivity contribution in [3.05, 3.63) is 59.5 Å². The second-order valence-corrected chi connectivity index (χ2v) is 6.64. The van der Waals surface area contributed by atoms with E-state index in [4.69, 9.17) is 4.42 Å². The third kappa shape index (κ3) is 4.72. The number of carbonyl (C=O) groups is 2. The Morgan fingerprint density at radius 2 is 2.04 bits per heavy atom. The van der Waals surface area contributed by atoms with Crippen LogP contribution in [-0.2, 0) is 11.2 Å². The number of nitrogens with one attached hydrogen (secondary N) is 1. The van der Waals surface area contributed by atoms with Crippen molar-refractivity contribution >= 4 is 11.8 Å². The third-order valence-electron chi connectivity index (χ3n) is 4.64. The molecule has 1 aliphatic rings. The predicted octanol–water partition coefficient (Wildman–Crippen LogP) is 2.94. The van der Waals surface area contributed by atoms with Crippen LogP contribution in [0.1, 0.15) is 40.7 Å². The van der Waals surface area contributed by atoms with Gasteiger partial charge in [-0.2, -0.15) is 0 Å². The Balaban J connectivity index is 1.41. The maximum absolute atomic E-state index is 12.3. The molecule has 0 saturated carbocycles. The standard InChI is InChI=1S/C20H24N2O3/c1-15-3-2-4-16(13-15)5-6-19(23)21-18-7-10-22(11-8-18)20(24)17-9-12-25-14-17/h2-4,9,12-14,18H,5-8,10-11H2,1H3,(H,21,23). The highest BCUT2D eigenvalue weighted by Crippen LogP contribution is 2.15. The Labute approximate surface area is 148 Å². The monoisotopic (exact) mass is 340 g/mol. The molecule has 0 spiro atoms. The average Bonchev–Trinajstić information content (AvgIpc) is 3.15. The topological polar surface area (TPSA) is 62.6 Å². The molecule has 1 aromatic heterocycles. The molecule has 2 aromatic rings. The summed E-state index contributed by atoms with van der Waals surface area (Å²) in [4.78, 5) is 26.2. The summed E-state index contributed by atoms with van der Waals surface area (Å²) in [6.07, 6.45) is 5.82. The van der Waals surface area contributed by atoms with Gasteiger partial charge in [0.25, 0.3) is 5.91 Å². The number of hydrogen-bond acceptors (Lipinski definition) is 3. The lowest BCUT2D eigenvalue weighted by Gasteiger charge is -2.32. The Hall–Kier alpha value is -2.56. The van der Waals surface area contributed by atoms with E-state index < -0.39 is 0 Å². The number of benzene rings is 1. The lowest BCUT2D eigenvalue weighted by Crippen LogP contribution is -2.46. The summed E-state index contributed by atoms with van der Waals surface area (Å²) >= 11 is 0. The zero-order valence-corrected chi connectivity index (χ0v) is 14.5. The van der Waals surface area contributed by atoms with Gasteiger partial charge in [0.2, 0.25) is 5.91 Å². The van der Waals surface area contributed by atoms with E-state index in [1.54, 1.807) is 6.07 Å². The molecular weight excluding hydrogens is 316 g/mol. The molecule has 0 atom stereocenters. The fourth-order valence-corrected chi connectivity index (χ4v) is 3.22. The first kappa shape index (κ1) is 17.3. The van der Waals surface area contributed by atoms with Crippen LogP contribution in [0.5, 0.6) is 0 Å². The van der Waals surface area contributed by atoms with Crippen molar-refractivity contribution in [2.24, 2.45) is 0 Å². The van der Waals surface area contributed by atoms with Crippen LogP contribution in [0.25, 0.3) is 0 Å². The third-order valence-corrected chi connectivity index (χ3v) is 4.64. The number of rotatable bonds is 5. The molecule has 1 aromatic carbocycles. The van der Waals surface area contributed by atoms with Crippen LogP contribution in [0, 0.1) is 6.92 Å². The molecule has 1 fully saturated rings. The largest absolute Gasteiger partial charge is 0.472 e. The zero-order chi connectivity index (χ0) is 17.6. The van der Waals surface area contributed by atoms with Crippen LogP contribution >= 0.6 is 0 Å². The molecule has 0 bridgehead atoms. The van der Waals surface area contributed by atoms with Crippen LogP contribution in [0.3, 0.4) is 0 Å². The van der Waals surface area contributed by atoms with Crippen molar-refractivity contribution in [3.63, 3.8) is 0 Å². The minimum atomic E-state index is -0.00188. The van der Waals surface area contributed by atoms with E-state index in [9.17, 15) is 9.59 Å². The van der Waals surface area contributed by atoms with Crippen LogP contribution in [0.15, 0.2) is 47.3 Å². The predicted molar refractivity (Wildman–Crippen MR) is 95.3 cm³/mol. The zero-order valence-electron chi connectivity index (χ0n) is 14.5. The van der Waals surface area contributed by atoms with Gasteiger partial charge in [-0.1, -0.05) is 29.8 Å². The molecule has 132 valence electrons. The number of amides is 2. The molecule has 25 heavy (non-hydrogen) atoms. The highest BCUT2D eigenvalue weighted by Gasteiger charge is 2.24. The van der Waals surface area contributed by atoms with Gasteiger partial charge in [-0.15, -0.1) is 0 Å². The smallest absolute Gasteiger partial charge is 0.257 e. The number of piperidine rings is 1. The van der Waals surface area contributed by atoms with E-state index in [0.717, 1.165) is 19.3 Å². The molecule has 3 rings (SSSR count). The van der Waals surface area contributed by atoms with Crippen LogP contribution in [0.2, 0.25) is 0 Å². The van der Waals surface area contributed by atoms with E-state index in [0.29, 0.717) is 25.1 Å². The van der Waals surface area contributed by atoms with Crippen molar-refractivity contribution in [1.82, 2.24) is 10.2 Å². The summed E-state index contributed by atoms with van der Waals surface area (Å²) < 4.78 is 4.97. The molecule has 0 unspecified atom stereocenters. The first-order valence-electron chi connectivity index (χ1n) is 8.78. The summed E-state index contributed by atoms with van der Waals surface area (Å²) in [5.41, 5.74) is 2.99. The molecule has 1 N–H and O–H groups in total. The van der Waals surface area contributed by atoms with E-state index in [1.165, 1.54) is 23.7 Å². The molecule has 1 saturated heterocycles. The maximum Gasteiger partial charge on any atom is 0.257 e. The van der Waals surface area contributed by atoms with Crippen LogP contribution in [-0.4, -0.2) is 35.8 Å². The van der Waals surface area contributed by atoms with E-state index >= 15 is 0 Å². The van der Waals surface area contributed by atoms with Crippen molar-refractivity contribution in [1.29, 1.82) is 0 Å². The van der Waals surface area contributed by atoms with Gasteiger partial charge in [-0.25, -0.2) is 0 Å². The summed E-state index contributed by atoms with van der Waals surface area (Å²) in [7, 11) is 0. The Kier molecular flexibility index (Phi) is 5.53. The average molecular weight is 340 g/mol. The fraction of sp³-hybridized carbons (Fsp3) is 0.400. The SMILES string of the molecule is Cc1cccc(CCC(=O)NC2CCN(C(=O)c3ccoc3)CC2)c1. The molecular formula is C20H24N2O3. The number of furan rings is 1. The second-order valence-electron chi connectivity index (χ2n) is 6.64. The summed E-state index contributed by atoms with van der Waals surface area (Å²) in [5.74, 6) is 0.0825. The number of aryl methyl sites for hydroxylation is 2. The van der Waals surface area contributed by atoms with Gasteiger partial charge >= 0.3 is 0 Å². The Bertz CT molecular complexity index is 716. The van der Waals surface area contributed by atoms with Crippen molar-refractivity contribution in [3.8, 4) is 0 Å². The maximum atomic E-state index is 12.3. The fourth-order valence-electron chi connectivity index (χ4n) is 3.22.